The zero-order valence-electron chi connectivity index (χ0n) is 7.42. The smallest absolute Gasteiger partial charge is 0.103 e. The first kappa shape index (κ1) is 10.4. The number of hydrogen-bond donors (Lipinski definition) is 1. The Balaban J connectivity index is 3.76. The van der Waals surface area contributed by atoms with Gasteiger partial charge in [0.05, 0.1) is 12.2 Å². The summed E-state index contributed by atoms with van der Waals surface area (Å²) in [5.74, 6) is 0. The summed E-state index contributed by atoms with van der Waals surface area (Å²) in [4.78, 5) is 0. The Hall–Kier alpha value is -0.590. The molecule has 0 saturated carbocycles. The maximum Gasteiger partial charge on any atom is 0.103 e. The second-order valence-electron chi connectivity index (χ2n) is 3.00. The van der Waals surface area contributed by atoms with Crippen LogP contribution in [-0.2, 0) is 4.74 Å². The molecule has 0 aliphatic carbocycles. The van der Waals surface area contributed by atoms with Crippen LogP contribution in [0.4, 0.5) is 0 Å². The average molecular weight is 156 g/mol. The van der Waals surface area contributed by atoms with Gasteiger partial charge in [0, 0.05) is 13.0 Å². The van der Waals surface area contributed by atoms with Crippen LogP contribution < -0.4 is 5.73 Å². The Morgan fingerprint density at radius 1 is 1.73 bits per heavy atom. The van der Waals surface area contributed by atoms with Gasteiger partial charge in [0.1, 0.15) is 5.54 Å². The predicted molar refractivity (Wildman–Crippen MR) is 43.9 cm³/mol. The highest BCUT2D eigenvalue weighted by Crippen LogP contribution is 2.09. The van der Waals surface area contributed by atoms with Crippen molar-refractivity contribution in [3.63, 3.8) is 0 Å². The molecule has 0 bridgehead atoms. The summed E-state index contributed by atoms with van der Waals surface area (Å²) >= 11 is 0. The molecule has 3 nitrogen and oxygen atoms in total. The maximum absolute atomic E-state index is 8.58. The van der Waals surface area contributed by atoms with Crippen molar-refractivity contribution in [2.75, 3.05) is 6.61 Å². The van der Waals surface area contributed by atoms with Gasteiger partial charge in [-0.1, -0.05) is 0 Å². The van der Waals surface area contributed by atoms with Crippen LogP contribution in [0.25, 0.3) is 0 Å². The Bertz CT molecular complexity index is 149. The van der Waals surface area contributed by atoms with Gasteiger partial charge in [0.25, 0.3) is 0 Å². The van der Waals surface area contributed by atoms with Crippen LogP contribution in [0.15, 0.2) is 0 Å². The van der Waals surface area contributed by atoms with Gasteiger partial charge in [-0.25, -0.2) is 0 Å². The van der Waals surface area contributed by atoms with Crippen molar-refractivity contribution < 1.29 is 4.74 Å². The van der Waals surface area contributed by atoms with Gasteiger partial charge in [-0.2, -0.15) is 5.26 Å². The largest absolute Gasteiger partial charge is 0.379 e. The highest BCUT2D eigenvalue weighted by atomic mass is 16.5. The van der Waals surface area contributed by atoms with E-state index >= 15 is 0 Å². The van der Waals surface area contributed by atoms with Gasteiger partial charge in [0.15, 0.2) is 0 Å². The molecule has 0 heterocycles. The Labute approximate surface area is 68.1 Å². The minimum absolute atomic E-state index is 0.0645. The van der Waals surface area contributed by atoms with E-state index < -0.39 is 5.54 Å². The van der Waals surface area contributed by atoms with Gasteiger partial charge in [-0.3, -0.25) is 0 Å². The minimum atomic E-state index is -0.755. The molecule has 0 spiro atoms. The van der Waals surface area contributed by atoms with Crippen molar-refractivity contribution in [2.45, 2.75) is 38.8 Å². The molecule has 0 aromatic heterocycles. The predicted octanol–water partition coefficient (Wildman–Crippen LogP) is 1.04. The monoisotopic (exact) mass is 156 g/mol. The number of hydrogen-bond acceptors (Lipinski definition) is 3. The van der Waals surface area contributed by atoms with Crippen LogP contribution in [0.1, 0.15) is 27.2 Å². The first-order valence-corrected chi connectivity index (χ1v) is 3.83. The van der Waals surface area contributed by atoms with E-state index in [0.29, 0.717) is 13.0 Å². The Kier molecular flexibility index (Phi) is 4.09. The molecule has 0 radical (unpaired) electrons. The first-order valence-electron chi connectivity index (χ1n) is 3.83. The highest BCUT2D eigenvalue weighted by Gasteiger charge is 2.20. The van der Waals surface area contributed by atoms with Crippen LogP contribution >= 0.6 is 0 Å². The highest BCUT2D eigenvalue weighted by molar-refractivity contribution is 5.01. The van der Waals surface area contributed by atoms with Crippen molar-refractivity contribution >= 4 is 0 Å². The molecule has 64 valence electrons. The van der Waals surface area contributed by atoms with Crippen LogP contribution in [0.3, 0.4) is 0 Å². The Morgan fingerprint density at radius 2 is 2.27 bits per heavy atom. The van der Waals surface area contributed by atoms with Crippen LogP contribution in [0.5, 0.6) is 0 Å². The molecular weight excluding hydrogens is 140 g/mol. The molecule has 0 aliphatic rings. The third kappa shape index (κ3) is 4.77. The van der Waals surface area contributed by atoms with Crippen LogP contribution in [-0.4, -0.2) is 18.2 Å². The van der Waals surface area contributed by atoms with E-state index in [2.05, 4.69) is 0 Å². The molecule has 11 heavy (non-hydrogen) atoms. The SMILES string of the molecule is CCOC(C)CC(C)(N)C#N. The molecule has 2 atom stereocenters. The normalized spacial score (nSPS) is 18.5. The van der Waals surface area contributed by atoms with Crippen LogP contribution in [0, 0.1) is 11.3 Å². The zero-order valence-corrected chi connectivity index (χ0v) is 7.42. The van der Waals surface area contributed by atoms with Gasteiger partial charge in [-0.05, 0) is 20.8 Å². The van der Waals surface area contributed by atoms with E-state index in [1.807, 2.05) is 19.9 Å². The fourth-order valence-corrected chi connectivity index (χ4v) is 0.986. The Morgan fingerprint density at radius 3 is 2.64 bits per heavy atom. The van der Waals surface area contributed by atoms with Gasteiger partial charge in [-0.15, -0.1) is 0 Å². The molecule has 0 rings (SSSR count). The topological polar surface area (TPSA) is 59.0 Å². The van der Waals surface area contributed by atoms with Crippen molar-refractivity contribution in [1.29, 1.82) is 5.26 Å². The number of nitrogens with zero attached hydrogens (tertiary/aromatic N) is 1. The fourth-order valence-electron chi connectivity index (χ4n) is 0.986. The van der Waals surface area contributed by atoms with E-state index in [0.717, 1.165) is 0 Å². The van der Waals surface area contributed by atoms with Crippen molar-refractivity contribution in [1.82, 2.24) is 0 Å². The molecular formula is C8H16N2O. The summed E-state index contributed by atoms with van der Waals surface area (Å²) < 4.78 is 5.25. The number of nitriles is 1. The lowest BCUT2D eigenvalue weighted by Crippen LogP contribution is -2.38. The lowest BCUT2D eigenvalue weighted by Gasteiger charge is -2.20. The summed E-state index contributed by atoms with van der Waals surface area (Å²) in [6.45, 7) is 6.23. The lowest BCUT2D eigenvalue weighted by atomic mass is 9.98. The van der Waals surface area contributed by atoms with E-state index in [9.17, 15) is 0 Å². The number of rotatable bonds is 4. The quantitative estimate of drug-likeness (QED) is 0.661. The summed E-state index contributed by atoms with van der Waals surface area (Å²) in [6.07, 6.45) is 0.645. The maximum atomic E-state index is 8.58. The van der Waals surface area contributed by atoms with Gasteiger partial charge >= 0.3 is 0 Å². The van der Waals surface area contributed by atoms with Gasteiger partial charge < -0.3 is 10.5 Å². The van der Waals surface area contributed by atoms with Crippen molar-refractivity contribution in [3.8, 4) is 6.07 Å². The van der Waals surface area contributed by atoms with E-state index in [1.54, 1.807) is 6.92 Å². The molecule has 2 unspecified atom stereocenters. The summed E-state index contributed by atoms with van der Waals surface area (Å²) in [5.41, 5.74) is 4.85. The minimum Gasteiger partial charge on any atom is -0.379 e. The van der Waals surface area contributed by atoms with E-state index in [-0.39, 0.29) is 6.10 Å². The van der Waals surface area contributed by atoms with Crippen LogP contribution in [0.2, 0.25) is 0 Å². The molecule has 0 saturated heterocycles. The summed E-state index contributed by atoms with van der Waals surface area (Å²) in [6, 6.07) is 2.03. The molecule has 0 amide bonds. The number of nitrogens with two attached hydrogens (primary N) is 1. The second kappa shape index (κ2) is 4.32. The second-order valence-corrected chi connectivity index (χ2v) is 3.00. The fraction of sp³-hybridized carbons (Fsp3) is 0.875. The molecule has 3 heteroatoms. The third-order valence-corrected chi connectivity index (χ3v) is 1.42. The summed E-state index contributed by atoms with van der Waals surface area (Å²) in [5, 5.41) is 8.58. The molecule has 0 aromatic rings. The van der Waals surface area contributed by atoms with Crippen molar-refractivity contribution in [2.24, 2.45) is 5.73 Å². The first-order chi connectivity index (χ1) is 5.02. The van der Waals surface area contributed by atoms with Crippen molar-refractivity contribution in [3.05, 3.63) is 0 Å². The zero-order chi connectivity index (χ0) is 8.91. The molecule has 0 aromatic carbocycles. The molecule has 0 aliphatic heterocycles. The lowest BCUT2D eigenvalue weighted by molar-refractivity contribution is 0.0610. The molecule has 0 fully saturated rings. The number of ether oxygens (including phenoxy) is 1. The standard InChI is InChI=1S/C8H16N2O/c1-4-11-7(2)5-8(3,10)6-9/h7H,4-5,10H2,1-3H3. The van der Waals surface area contributed by atoms with E-state index in [1.165, 1.54) is 0 Å². The van der Waals surface area contributed by atoms with Gasteiger partial charge in [0.2, 0.25) is 0 Å². The summed E-state index contributed by atoms with van der Waals surface area (Å²) in [7, 11) is 0. The van der Waals surface area contributed by atoms with E-state index in [4.69, 9.17) is 15.7 Å². The average Bonchev–Trinajstić information content (AvgIpc) is 1.87. The molecule has 2 N–H and O–H groups in total. The third-order valence-electron chi connectivity index (χ3n) is 1.42.